The van der Waals surface area contributed by atoms with Crippen molar-refractivity contribution in [3.05, 3.63) is 55.7 Å². The van der Waals surface area contributed by atoms with Crippen molar-refractivity contribution < 1.29 is 5.11 Å². The van der Waals surface area contributed by atoms with Crippen LogP contribution in [0.15, 0.2) is 29.0 Å². The lowest BCUT2D eigenvalue weighted by molar-refractivity contribution is 0.178. The quantitative estimate of drug-likeness (QED) is 0.872. The van der Waals surface area contributed by atoms with Gasteiger partial charge in [-0.2, -0.15) is 11.3 Å². The van der Waals surface area contributed by atoms with E-state index in [1.165, 1.54) is 0 Å². The Kier molecular flexibility index (Phi) is 4.10. The fraction of sp³-hybridized carbons (Fsp3) is 0.231. The molecule has 0 radical (unpaired) electrons. The Labute approximate surface area is 115 Å². The minimum Gasteiger partial charge on any atom is -0.388 e. The number of thiophene rings is 1. The molecule has 1 aromatic carbocycles. The molecule has 4 heteroatoms. The molecule has 17 heavy (non-hydrogen) atoms. The molecule has 0 saturated heterocycles. The van der Waals surface area contributed by atoms with Gasteiger partial charge in [0.2, 0.25) is 0 Å². The highest BCUT2D eigenvalue weighted by molar-refractivity contribution is 7.08. The zero-order chi connectivity index (χ0) is 12.4. The first kappa shape index (κ1) is 12.9. The second-order valence-corrected chi connectivity index (χ2v) is 5.54. The largest absolute Gasteiger partial charge is 0.388 e. The predicted octanol–water partition coefficient (Wildman–Crippen LogP) is 4.64. The molecule has 1 unspecified atom stereocenters. The summed E-state index contributed by atoms with van der Waals surface area (Å²) in [5.74, 6) is 0. The Bertz CT molecular complexity index is 522. The fourth-order valence-corrected chi connectivity index (χ4v) is 2.93. The van der Waals surface area contributed by atoms with E-state index in [9.17, 15) is 5.11 Å². The lowest BCUT2D eigenvalue weighted by Gasteiger charge is -2.11. The molecule has 0 aliphatic rings. The lowest BCUT2D eigenvalue weighted by atomic mass is 10.0. The van der Waals surface area contributed by atoms with Crippen LogP contribution < -0.4 is 0 Å². The number of hydrogen-bond donors (Lipinski definition) is 1. The molecule has 0 fully saturated rings. The van der Waals surface area contributed by atoms with E-state index in [0.29, 0.717) is 16.5 Å². The molecule has 1 N–H and O–H groups in total. The van der Waals surface area contributed by atoms with Crippen molar-refractivity contribution in [1.29, 1.82) is 0 Å². The number of aliphatic hydroxyl groups excluding tert-OH is 1. The van der Waals surface area contributed by atoms with Crippen LogP contribution in [0.2, 0.25) is 10.0 Å². The van der Waals surface area contributed by atoms with Gasteiger partial charge in [-0.25, -0.2) is 0 Å². The summed E-state index contributed by atoms with van der Waals surface area (Å²) in [5, 5.41) is 15.2. The number of hydrogen-bond acceptors (Lipinski definition) is 2. The molecule has 0 amide bonds. The standard InChI is InChI=1S/C13H12Cl2OS/c1-8-6-17-7-10(8)13(16)5-9-2-3-11(14)12(15)4-9/h2-4,6-7,13,16H,5H2,1H3. The van der Waals surface area contributed by atoms with E-state index in [4.69, 9.17) is 23.2 Å². The van der Waals surface area contributed by atoms with Gasteiger partial charge in [0.1, 0.15) is 0 Å². The molecule has 0 aliphatic heterocycles. The van der Waals surface area contributed by atoms with E-state index in [-0.39, 0.29) is 0 Å². The van der Waals surface area contributed by atoms with Gasteiger partial charge in [-0.15, -0.1) is 0 Å². The zero-order valence-corrected chi connectivity index (χ0v) is 11.6. The van der Waals surface area contributed by atoms with Gasteiger partial charge in [0.05, 0.1) is 16.1 Å². The third-order valence-corrected chi connectivity index (χ3v) is 4.29. The van der Waals surface area contributed by atoms with Crippen molar-refractivity contribution in [2.24, 2.45) is 0 Å². The molecule has 0 spiro atoms. The molecule has 2 rings (SSSR count). The van der Waals surface area contributed by atoms with Crippen LogP contribution in [0, 0.1) is 6.92 Å². The van der Waals surface area contributed by atoms with Crippen LogP contribution in [-0.2, 0) is 6.42 Å². The Morgan fingerprint density at radius 1 is 1.24 bits per heavy atom. The number of halogens is 2. The Hall–Kier alpha value is -0.540. The maximum atomic E-state index is 10.1. The molecule has 2 aromatic rings. The second-order valence-electron chi connectivity index (χ2n) is 3.98. The highest BCUT2D eigenvalue weighted by atomic mass is 35.5. The van der Waals surface area contributed by atoms with E-state index in [2.05, 4.69) is 0 Å². The van der Waals surface area contributed by atoms with Crippen molar-refractivity contribution in [1.82, 2.24) is 0 Å². The molecule has 0 bridgehead atoms. The topological polar surface area (TPSA) is 20.2 Å². The van der Waals surface area contributed by atoms with Crippen LogP contribution >= 0.6 is 34.5 Å². The predicted molar refractivity (Wildman–Crippen MR) is 74.2 cm³/mol. The normalized spacial score (nSPS) is 12.7. The maximum Gasteiger partial charge on any atom is 0.0840 e. The van der Waals surface area contributed by atoms with Crippen LogP contribution in [-0.4, -0.2) is 5.11 Å². The first-order valence-corrected chi connectivity index (χ1v) is 6.92. The Morgan fingerprint density at radius 3 is 2.59 bits per heavy atom. The molecular formula is C13H12Cl2OS. The van der Waals surface area contributed by atoms with Crippen LogP contribution in [0.4, 0.5) is 0 Å². The van der Waals surface area contributed by atoms with Crippen LogP contribution in [0.1, 0.15) is 22.8 Å². The minimum atomic E-state index is -0.488. The molecule has 90 valence electrons. The van der Waals surface area contributed by atoms with E-state index in [1.807, 2.05) is 23.8 Å². The number of benzene rings is 1. The molecule has 1 aromatic heterocycles. The third kappa shape index (κ3) is 3.02. The van der Waals surface area contributed by atoms with E-state index < -0.39 is 6.10 Å². The summed E-state index contributed by atoms with van der Waals surface area (Å²) in [4.78, 5) is 0. The summed E-state index contributed by atoms with van der Waals surface area (Å²) in [6.45, 7) is 2.00. The van der Waals surface area contributed by atoms with Gasteiger partial charge in [0.15, 0.2) is 0 Å². The molecule has 0 aliphatic carbocycles. The monoisotopic (exact) mass is 286 g/mol. The second kappa shape index (κ2) is 5.40. The van der Waals surface area contributed by atoms with Crippen molar-refractivity contribution in [3.63, 3.8) is 0 Å². The van der Waals surface area contributed by atoms with Crippen molar-refractivity contribution in [3.8, 4) is 0 Å². The highest BCUT2D eigenvalue weighted by Gasteiger charge is 2.12. The molecule has 0 saturated carbocycles. The minimum absolute atomic E-state index is 0.488. The van der Waals surface area contributed by atoms with Gasteiger partial charge in [0, 0.05) is 6.42 Å². The fourth-order valence-electron chi connectivity index (χ4n) is 1.71. The van der Waals surface area contributed by atoms with E-state index >= 15 is 0 Å². The lowest BCUT2D eigenvalue weighted by Crippen LogP contribution is -2.01. The molecular weight excluding hydrogens is 275 g/mol. The zero-order valence-electron chi connectivity index (χ0n) is 9.28. The van der Waals surface area contributed by atoms with E-state index in [1.54, 1.807) is 23.5 Å². The summed E-state index contributed by atoms with van der Waals surface area (Å²) in [5.41, 5.74) is 3.10. The third-order valence-electron chi connectivity index (χ3n) is 2.67. The van der Waals surface area contributed by atoms with Gasteiger partial charge in [-0.05, 0) is 46.5 Å². The first-order valence-electron chi connectivity index (χ1n) is 5.22. The summed E-state index contributed by atoms with van der Waals surface area (Å²) in [7, 11) is 0. The summed E-state index contributed by atoms with van der Waals surface area (Å²) < 4.78 is 0. The van der Waals surface area contributed by atoms with Gasteiger partial charge in [0.25, 0.3) is 0 Å². The van der Waals surface area contributed by atoms with Crippen molar-refractivity contribution in [2.75, 3.05) is 0 Å². The summed E-state index contributed by atoms with van der Waals surface area (Å²) in [6.07, 6.45) is 0.0626. The number of aryl methyl sites for hydroxylation is 1. The smallest absolute Gasteiger partial charge is 0.0840 e. The Morgan fingerprint density at radius 2 is 2.00 bits per heavy atom. The van der Waals surface area contributed by atoms with Gasteiger partial charge < -0.3 is 5.11 Å². The molecule has 1 nitrogen and oxygen atoms in total. The van der Waals surface area contributed by atoms with Crippen molar-refractivity contribution in [2.45, 2.75) is 19.4 Å². The average molecular weight is 287 g/mol. The number of rotatable bonds is 3. The number of aliphatic hydroxyl groups is 1. The Balaban J connectivity index is 2.16. The van der Waals surface area contributed by atoms with Crippen LogP contribution in [0.3, 0.4) is 0 Å². The summed E-state index contributed by atoms with van der Waals surface area (Å²) in [6, 6.07) is 5.44. The summed E-state index contributed by atoms with van der Waals surface area (Å²) >= 11 is 13.4. The van der Waals surface area contributed by atoms with Crippen LogP contribution in [0.5, 0.6) is 0 Å². The SMILES string of the molecule is Cc1cscc1C(O)Cc1ccc(Cl)c(Cl)c1. The van der Waals surface area contributed by atoms with Crippen LogP contribution in [0.25, 0.3) is 0 Å². The first-order chi connectivity index (χ1) is 8.08. The van der Waals surface area contributed by atoms with E-state index in [0.717, 1.165) is 16.7 Å². The average Bonchev–Trinajstić information content (AvgIpc) is 2.70. The van der Waals surface area contributed by atoms with Gasteiger partial charge in [-0.1, -0.05) is 29.3 Å². The molecule has 1 heterocycles. The maximum absolute atomic E-state index is 10.1. The highest BCUT2D eigenvalue weighted by Crippen LogP contribution is 2.28. The van der Waals surface area contributed by atoms with Gasteiger partial charge in [-0.3, -0.25) is 0 Å². The van der Waals surface area contributed by atoms with Gasteiger partial charge >= 0.3 is 0 Å². The van der Waals surface area contributed by atoms with Crippen molar-refractivity contribution >= 4 is 34.5 Å². The molecule has 1 atom stereocenters.